The first-order valence-electron chi connectivity index (χ1n) is 8.02. The lowest BCUT2D eigenvalue weighted by atomic mass is 10.0. The third-order valence-corrected chi connectivity index (χ3v) is 4.91. The number of pyridine rings is 1. The molecule has 0 bridgehead atoms. The summed E-state index contributed by atoms with van der Waals surface area (Å²) in [7, 11) is 0. The number of anilines is 1. The minimum absolute atomic E-state index is 0.283. The fraction of sp³-hybridized carbons (Fsp3) is 0.353. The predicted octanol–water partition coefficient (Wildman–Crippen LogP) is 3.26. The molecule has 2 N–H and O–H groups in total. The molecule has 4 rings (SSSR count). The van der Waals surface area contributed by atoms with E-state index in [1.807, 2.05) is 18.3 Å². The molecule has 0 spiro atoms. The van der Waals surface area contributed by atoms with Crippen molar-refractivity contribution in [1.82, 2.24) is 19.5 Å². The van der Waals surface area contributed by atoms with E-state index in [1.54, 1.807) is 6.20 Å². The molecule has 0 aromatic carbocycles. The van der Waals surface area contributed by atoms with Gasteiger partial charge in [0.25, 0.3) is 0 Å². The van der Waals surface area contributed by atoms with Gasteiger partial charge in [0.2, 0.25) is 5.95 Å². The zero-order valence-corrected chi connectivity index (χ0v) is 14.7. The highest BCUT2D eigenvalue weighted by Gasteiger charge is 2.18. The number of ether oxygens (including phenoxy) is 1. The van der Waals surface area contributed by atoms with E-state index in [2.05, 4.69) is 41.6 Å². The normalized spacial score (nSPS) is 15.9. The number of halogens is 1. The minimum Gasteiger partial charge on any atom is -0.381 e. The maximum Gasteiger partial charge on any atom is 0.220 e. The number of hydrogen-bond donors (Lipinski definition) is 1. The van der Waals surface area contributed by atoms with Crippen LogP contribution in [-0.2, 0) is 11.3 Å². The van der Waals surface area contributed by atoms with Crippen molar-refractivity contribution in [3.05, 3.63) is 35.3 Å². The number of nitrogen functional groups attached to an aromatic ring is 1. The molecular weight excluding hydrogens is 370 g/mol. The van der Waals surface area contributed by atoms with Crippen LogP contribution < -0.4 is 5.73 Å². The topological polar surface area (TPSA) is 78.8 Å². The molecule has 7 heteroatoms. The number of aromatic nitrogens is 4. The maximum absolute atomic E-state index is 5.76. The molecule has 4 heterocycles. The van der Waals surface area contributed by atoms with E-state index < -0.39 is 0 Å². The van der Waals surface area contributed by atoms with Crippen LogP contribution in [0, 0.1) is 5.92 Å². The molecule has 0 saturated carbocycles. The Morgan fingerprint density at radius 1 is 1.29 bits per heavy atom. The summed E-state index contributed by atoms with van der Waals surface area (Å²) in [5, 5.41) is 1.11. The van der Waals surface area contributed by atoms with E-state index >= 15 is 0 Å². The molecule has 0 radical (unpaired) electrons. The average Bonchev–Trinajstić information content (AvgIpc) is 2.93. The lowest BCUT2D eigenvalue weighted by Crippen LogP contribution is -2.20. The predicted molar refractivity (Wildman–Crippen MR) is 96.4 cm³/mol. The molecule has 1 aliphatic rings. The third-order valence-electron chi connectivity index (χ3n) is 4.48. The van der Waals surface area contributed by atoms with Gasteiger partial charge in [-0.05, 0) is 46.8 Å². The van der Waals surface area contributed by atoms with E-state index in [0.29, 0.717) is 5.92 Å². The fourth-order valence-electron chi connectivity index (χ4n) is 3.25. The molecular formula is C17H18BrN5O. The molecule has 1 aliphatic heterocycles. The summed E-state index contributed by atoms with van der Waals surface area (Å²) < 4.78 is 8.55. The van der Waals surface area contributed by atoms with Crippen molar-refractivity contribution >= 4 is 32.8 Å². The van der Waals surface area contributed by atoms with Crippen molar-refractivity contribution in [2.24, 2.45) is 5.92 Å². The third kappa shape index (κ3) is 3.01. The second kappa shape index (κ2) is 6.49. The molecule has 0 amide bonds. The van der Waals surface area contributed by atoms with Crippen LogP contribution in [-0.4, -0.2) is 32.7 Å². The van der Waals surface area contributed by atoms with Crippen LogP contribution in [0.4, 0.5) is 5.95 Å². The van der Waals surface area contributed by atoms with Crippen LogP contribution in [0.5, 0.6) is 0 Å². The van der Waals surface area contributed by atoms with Gasteiger partial charge in [-0.1, -0.05) is 0 Å². The van der Waals surface area contributed by atoms with Crippen molar-refractivity contribution in [2.45, 2.75) is 19.4 Å². The van der Waals surface area contributed by atoms with Gasteiger partial charge in [-0.3, -0.25) is 0 Å². The van der Waals surface area contributed by atoms with Gasteiger partial charge in [-0.2, -0.15) is 0 Å². The van der Waals surface area contributed by atoms with Crippen LogP contribution in [0.2, 0.25) is 0 Å². The lowest BCUT2D eigenvalue weighted by Gasteiger charge is -2.22. The van der Waals surface area contributed by atoms with Gasteiger partial charge < -0.3 is 15.0 Å². The molecule has 24 heavy (non-hydrogen) atoms. The molecule has 1 fully saturated rings. The smallest absolute Gasteiger partial charge is 0.220 e. The van der Waals surface area contributed by atoms with E-state index in [9.17, 15) is 0 Å². The number of rotatable bonds is 3. The Labute approximate surface area is 148 Å². The fourth-order valence-corrected chi connectivity index (χ4v) is 3.58. The monoisotopic (exact) mass is 387 g/mol. The van der Waals surface area contributed by atoms with E-state index in [4.69, 9.17) is 10.5 Å². The number of nitrogens with two attached hydrogens (primary N) is 1. The highest BCUT2D eigenvalue weighted by atomic mass is 79.9. The van der Waals surface area contributed by atoms with Gasteiger partial charge in [0, 0.05) is 43.1 Å². The first-order valence-corrected chi connectivity index (χ1v) is 8.81. The molecule has 124 valence electrons. The standard InChI is InChI=1S/C17H18BrN5O/c18-16-7-12-13(14-1-4-20-17(19)22-14)10-23(15(12)8-21-16)9-11-2-5-24-6-3-11/h1,4,7-8,10-11H,2-3,5-6,9H2,(H2,19,20,22). The number of hydrogen-bond acceptors (Lipinski definition) is 5. The van der Waals surface area contributed by atoms with Crippen LogP contribution in [0.1, 0.15) is 12.8 Å². The number of fused-ring (bicyclic) bond motifs is 1. The van der Waals surface area contributed by atoms with Crippen LogP contribution in [0.3, 0.4) is 0 Å². The van der Waals surface area contributed by atoms with Gasteiger partial charge in [0.05, 0.1) is 17.4 Å². The van der Waals surface area contributed by atoms with E-state index in [0.717, 1.165) is 59.4 Å². The Morgan fingerprint density at radius 2 is 2.12 bits per heavy atom. The summed E-state index contributed by atoms with van der Waals surface area (Å²) in [6.45, 7) is 2.66. The van der Waals surface area contributed by atoms with Crippen molar-refractivity contribution in [3.63, 3.8) is 0 Å². The second-order valence-electron chi connectivity index (χ2n) is 6.08. The molecule has 3 aromatic rings. The van der Waals surface area contributed by atoms with E-state index in [-0.39, 0.29) is 5.95 Å². The Bertz CT molecular complexity index is 873. The van der Waals surface area contributed by atoms with Crippen LogP contribution in [0.15, 0.2) is 35.3 Å². The van der Waals surface area contributed by atoms with Crippen molar-refractivity contribution < 1.29 is 4.74 Å². The van der Waals surface area contributed by atoms with Crippen molar-refractivity contribution in [3.8, 4) is 11.3 Å². The molecule has 0 unspecified atom stereocenters. The molecule has 6 nitrogen and oxygen atoms in total. The highest BCUT2D eigenvalue weighted by molar-refractivity contribution is 9.10. The lowest BCUT2D eigenvalue weighted by molar-refractivity contribution is 0.0616. The quantitative estimate of drug-likeness (QED) is 0.697. The molecule has 0 aliphatic carbocycles. The average molecular weight is 388 g/mol. The van der Waals surface area contributed by atoms with Crippen LogP contribution >= 0.6 is 15.9 Å². The summed E-state index contributed by atoms with van der Waals surface area (Å²) in [5.41, 5.74) is 8.75. The summed E-state index contributed by atoms with van der Waals surface area (Å²) in [5.74, 6) is 0.910. The molecule has 0 atom stereocenters. The van der Waals surface area contributed by atoms with Crippen LogP contribution in [0.25, 0.3) is 22.2 Å². The summed E-state index contributed by atoms with van der Waals surface area (Å²) in [6.07, 6.45) is 7.94. The molecule has 3 aromatic heterocycles. The Balaban J connectivity index is 1.80. The Morgan fingerprint density at radius 3 is 2.92 bits per heavy atom. The minimum atomic E-state index is 0.283. The second-order valence-corrected chi connectivity index (χ2v) is 6.89. The first-order chi connectivity index (χ1) is 11.7. The summed E-state index contributed by atoms with van der Waals surface area (Å²) in [4.78, 5) is 12.8. The Kier molecular flexibility index (Phi) is 4.20. The zero-order valence-electron chi connectivity index (χ0n) is 13.2. The highest BCUT2D eigenvalue weighted by Crippen LogP contribution is 2.32. The van der Waals surface area contributed by atoms with Gasteiger partial charge in [-0.25, -0.2) is 15.0 Å². The number of nitrogens with zero attached hydrogens (tertiary/aromatic N) is 4. The zero-order chi connectivity index (χ0) is 16.5. The van der Waals surface area contributed by atoms with Crippen molar-refractivity contribution in [2.75, 3.05) is 18.9 Å². The SMILES string of the molecule is Nc1nccc(-c2cn(CC3CCOCC3)c3cnc(Br)cc23)n1. The van der Waals surface area contributed by atoms with Gasteiger partial charge in [-0.15, -0.1) is 0 Å². The summed E-state index contributed by atoms with van der Waals surface area (Å²) in [6, 6.07) is 3.92. The first kappa shape index (κ1) is 15.5. The van der Waals surface area contributed by atoms with Gasteiger partial charge in [0.1, 0.15) is 4.60 Å². The largest absolute Gasteiger partial charge is 0.381 e. The van der Waals surface area contributed by atoms with Gasteiger partial charge >= 0.3 is 0 Å². The Hall–Kier alpha value is -1.99. The van der Waals surface area contributed by atoms with E-state index in [1.165, 1.54) is 0 Å². The maximum atomic E-state index is 5.76. The molecule has 1 saturated heterocycles. The summed E-state index contributed by atoms with van der Waals surface area (Å²) >= 11 is 3.47. The van der Waals surface area contributed by atoms with Gasteiger partial charge in [0.15, 0.2) is 0 Å². The van der Waals surface area contributed by atoms with Crippen molar-refractivity contribution in [1.29, 1.82) is 0 Å².